The van der Waals surface area contributed by atoms with Crippen molar-refractivity contribution in [2.45, 2.75) is 12.8 Å². The molecule has 32 heavy (non-hydrogen) atoms. The number of benzene rings is 3. The quantitative estimate of drug-likeness (QED) is 0.255. The topological polar surface area (TPSA) is 32.5 Å². The Hall–Kier alpha value is -2.11. The molecule has 1 heterocycles. The summed E-state index contributed by atoms with van der Waals surface area (Å²) in [6, 6.07) is 27.3. The molecular weight excluding hydrogens is 486 g/mol. The van der Waals surface area contributed by atoms with Gasteiger partial charge >= 0.3 is 0 Å². The average molecular weight is 515 g/mol. The SMILES string of the molecule is Cl.OCCC/C(=C(\c1ccc(Br)cc1)c1ccc(OCCN2CC2)cc1)c1ccccc1. The number of aliphatic hydroxyl groups is 1. The Bertz CT molecular complexity index is 1000. The Morgan fingerprint density at radius 1 is 0.844 bits per heavy atom. The second-order valence-electron chi connectivity index (χ2n) is 7.77. The van der Waals surface area contributed by atoms with Gasteiger partial charge in [-0.05, 0) is 64.9 Å². The normalized spacial score (nSPS) is 13.8. The summed E-state index contributed by atoms with van der Waals surface area (Å²) in [7, 11) is 0. The zero-order valence-electron chi connectivity index (χ0n) is 18.0. The molecule has 0 unspecified atom stereocenters. The van der Waals surface area contributed by atoms with Gasteiger partial charge in [0.15, 0.2) is 0 Å². The van der Waals surface area contributed by atoms with E-state index in [-0.39, 0.29) is 19.0 Å². The highest BCUT2D eigenvalue weighted by Crippen LogP contribution is 2.36. The number of allylic oxidation sites excluding steroid dienone is 1. The number of ether oxygens (including phenoxy) is 1. The number of hydrogen-bond donors (Lipinski definition) is 1. The van der Waals surface area contributed by atoms with Crippen molar-refractivity contribution in [3.05, 3.63) is 100 Å². The summed E-state index contributed by atoms with van der Waals surface area (Å²) in [5.41, 5.74) is 5.94. The van der Waals surface area contributed by atoms with Crippen LogP contribution in [0, 0.1) is 0 Å². The average Bonchev–Trinajstić information content (AvgIpc) is 3.63. The molecule has 0 spiro atoms. The minimum absolute atomic E-state index is 0. The summed E-state index contributed by atoms with van der Waals surface area (Å²) >= 11 is 3.55. The zero-order chi connectivity index (χ0) is 21.5. The van der Waals surface area contributed by atoms with Gasteiger partial charge in [-0.15, -0.1) is 12.4 Å². The summed E-state index contributed by atoms with van der Waals surface area (Å²) < 4.78 is 6.98. The molecule has 3 nitrogen and oxygen atoms in total. The van der Waals surface area contributed by atoms with Crippen LogP contribution >= 0.6 is 28.3 Å². The van der Waals surface area contributed by atoms with Crippen molar-refractivity contribution in [1.82, 2.24) is 4.90 Å². The Morgan fingerprint density at radius 3 is 2.06 bits per heavy atom. The summed E-state index contributed by atoms with van der Waals surface area (Å²) in [6.07, 6.45) is 1.53. The van der Waals surface area contributed by atoms with E-state index in [1.807, 2.05) is 6.07 Å². The van der Waals surface area contributed by atoms with Crippen LogP contribution in [0.2, 0.25) is 0 Å². The van der Waals surface area contributed by atoms with Crippen LogP contribution in [-0.4, -0.2) is 42.9 Å². The lowest BCUT2D eigenvalue weighted by atomic mass is 9.87. The number of nitrogens with zero attached hydrogens (tertiary/aromatic N) is 1. The number of rotatable bonds is 10. The fourth-order valence-electron chi connectivity index (χ4n) is 3.75. The van der Waals surface area contributed by atoms with Gasteiger partial charge in [0.25, 0.3) is 0 Å². The van der Waals surface area contributed by atoms with Gasteiger partial charge in [-0.2, -0.15) is 0 Å². The number of aliphatic hydroxyl groups excluding tert-OH is 1. The maximum absolute atomic E-state index is 9.53. The summed E-state index contributed by atoms with van der Waals surface area (Å²) in [5, 5.41) is 9.53. The first kappa shape index (κ1) is 24.5. The van der Waals surface area contributed by atoms with Crippen LogP contribution in [0.3, 0.4) is 0 Å². The van der Waals surface area contributed by atoms with Crippen LogP contribution in [-0.2, 0) is 0 Å². The van der Waals surface area contributed by atoms with E-state index in [1.165, 1.54) is 29.8 Å². The first-order chi connectivity index (χ1) is 15.2. The lowest BCUT2D eigenvalue weighted by Crippen LogP contribution is -2.10. The van der Waals surface area contributed by atoms with E-state index >= 15 is 0 Å². The van der Waals surface area contributed by atoms with Gasteiger partial charge in [0, 0.05) is 30.7 Å². The monoisotopic (exact) mass is 513 g/mol. The predicted octanol–water partition coefficient (Wildman–Crippen LogP) is 6.30. The molecule has 0 saturated carbocycles. The molecule has 5 heteroatoms. The Balaban J connectivity index is 0.00000289. The van der Waals surface area contributed by atoms with Gasteiger partial charge in [0.2, 0.25) is 0 Å². The summed E-state index contributed by atoms with van der Waals surface area (Å²) in [5.74, 6) is 0.900. The highest BCUT2D eigenvalue weighted by Gasteiger charge is 2.17. The first-order valence-electron chi connectivity index (χ1n) is 10.9. The molecule has 0 atom stereocenters. The number of hydrogen-bond acceptors (Lipinski definition) is 3. The lowest BCUT2D eigenvalue weighted by molar-refractivity contribution is 0.290. The molecule has 0 bridgehead atoms. The van der Waals surface area contributed by atoms with E-state index in [4.69, 9.17) is 4.74 Å². The molecule has 0 radical (unpaired) electrons. The minimum Gasteiger partial charge on any atom is -0.492 e. The van der Waals surface area contributed by atoms with Crippen molar-refractivity contribution in [3.8, 4) is 5.75 Å². The minimum atomic E-state index is 0. The van der Waals surface area contributed by atoms with Gasteiger partial charge < -0.3 is 9.84 Å². The van der Waals surface area contributed by atoms with Gasteiger partial charge in [-0.1, -0.05) is 70.5 Å². The van der Waals surface area contributed by atoms with Crippen molar-refractivity contribution in [2.75, 3.05) is 32.8 Å². The van der Waals surface area contributed by atoms with Crippen LogP contribution < -0.4 is 4.74 Å². The Kier molecular flexibility index (Phi) is 9.36. The third kappa shape index (κ3) is 6.69. The molecule has 0 amide bonds. The van der Waals surface area contributed by atoms with Crippen LogP contribution in [0.25, 0.3) is 11.1 Å². The van der Waals surface area contributed by atoms with Crippen LogP contribution in [0.5, 0.6) is 5.75 Å². The molecule has 1 aliphatic heterocycles. The molecule has 0 aliphatic carbocycles. The molecule has 3 aromatic carbocycles. The molecule has 0 aromatic heterocycles. The van der Waals surface area contributed by atoms with Gasteiger partial charge in [0.05, 0.1) is 0 Å². The summed E-state index contributed by atoms with van der Waals surface area (Å²) in [6.45, 7) is 4.28. The second kappa shape index (κ2) is 12.2. The van der Waals surface area contributed by atoms with E-state index in [1.54, 1.807) is 0 Å². The smallest absolute Gasteiger partial charge is 0.119 e. The molecule has 1 aliphatic rings. The standard InChI is InChI=1S/C27H28BrNO2.ClH/c28-24-12-8-22(9-13-24)27(26(7-4-19-30)21-5-2-1-3-6-21)23-10-14-25(15-11-23)31-20-18-29-16-17-29;/h1-3,5-6,8-15,30H,4,7,16-20H2;1H/b27-26-;. The van der Waals surface area contributed by atoms with Crippen molar-refractivity contribution in [3.63, 3.8) is 0 Å². The van der Waals surface area contributed by atoms with Gasteiger partial charge in [-0.3, -0.25) is 4.90 Å². The molecule has 168 valence electrons. The van der Waals surface area contributed by atoms with Crippen molar-refractivity contribution in [2.24, 2.45) is 0 Å². The van der Waals surface area contributed by atoms with Crippen molar-refractivity contribution in [1.29, 1.82) is 0 Å². The van der Waals surface area contributed by atoms with E-state index in [0.717, 1.165) is 47.3 Å². The molecule has 1 fully saturated rings. The zero-order valence-corrected chi connectivity index (χ0v) is 20.4. The molecule has 4 rings (SSSR count). The molecule has 1 N–H and O–H groups in total. The van der Waals surface area contributed by atoms with Crippen LogP contribution in [0.1, 0.15) is 29.5 Å². The van der Waals surface area contributed by atoms with Crippen molar-refractivity contribution < 1.29 is 9.84 Å². The Labute approximate surface area is 205 Å². The van der Waals surface area contributed by atoms with E-state index in [0.29, 0.717) is 0 Å². The van der Waals surface area contributed by atoms with E-state index in [9.17, 15) is 5.11 Å². The lowest BCUT2D eigenvalue weighted by Gasteiger charge is -2.18. The third-order valence-electron chi connectivity index (χ3n) is 5.50. The fourth-order valence-corrected chi connectivity index (χ4v) is 4.01. The van der Waals surface area contributed by atoms with Gasteiger partial charge in [-0.25, -0.2) is 0 Å². The van der Waals surface area contributed by atoms with E-state index < -0.39 is 0 Å². The fraction of sp³-hybridized carbons (Fsp3) is 0.259. The largest absolute Gasteiger partial charge is 0.492 e. The van der Waals surface area contributed by atoms with Crippen molar-refractivity contribution >= 4 is 39.5 Å². The highest BCUT2D eigenvalue weighted by molar-refractivity contribution is 9.10. The maximum Gasteiger partial charge on any atom is 0.119 e. The predicted molar refractivity (Wildman–Crippen MR) is 138 cm³/mol. The summed E-state index contributed by atoms with van der Waals surface area (Å²) in [4.78, 5) is 2.36. The molecule has 3 aromatic rings. The van der Waals surface area contributed by atoms with Gasteiger partial charge in [0.1, 0.15) is 12.4 Å². The van der Waals surface area contributed by atoms with E-state index in [2.05, 4.69) is 93.6 Å². The maximum atomic E-state index is 9.53. The Morgan fingerprint density at radius 2 is 1.47 bits per heavy atom. The van der Waals surface area contributed by atoms with Crippen LogP contribution in [0.15, 0.2) is 83.3 Å². The molecular formula is C27H29BrClNO2. The first-order valence-corrected chi connectivity index (χ1v) is 11.6. The molecule has 1 saturated heterocycles. The third-order valence-corrected chi connectivity index (χ3v) is 6.03. The highest BCUT2D eigenvalue weighted by atomic mass is 79.9. The van der Waals surface area contributed by atoms with Crippen LogP contribution in [0.4, 0.5) is 0 Å². The number of halogens is 2. The second-order valence-corrected chi connectivity index (χ2v) is 8.68.